The van der Waals surface area contributed by atoms with Gasteiger partial charge in [-0.3, -0.25) is 9.69 Å². The number of nitrogens with two attached hydrogens (primary N) is 1. The Hall–Kier alpha value is -0.610. The zero-order chi connectivity index (χ0) is 12.4. The summed E-state index contributed by atoms with van der Waals surface area (Å²) in [5, 5.41) is 0. The van der Waals surface area contributed by atoms with Gasteiger partial charge in [0.2, 0.25) is 0 Å². The van der Waals surface area contributed by atoms with Crippen LogP contribution in [0.1, 0.15) is 46.0 Å². The average molecular weight is 240 g/mol. The third-order valence-electron chi connectivity index (χ3n) is 4.13. The summed E-state index contributed by atoms with van der Waals surface area (Å²) in [6.45, 7) is 4.40. The number of carbonyl (C=O) groups excluding carboxylic acids is 1. The smallest absolute Gasteiger partial charge is 0.323 e. The molecule has 17 heavy (non-hydrogen) atoms. The number of piperidine rings is 1. The maximum absolute atomic E-state index is 12.0. The van der Waals surface area contributed by atoms with Crippen molar-refractivity contribution in [1.82, 2.24) is 4.90 Å². The molecule has 0 aliphatic carbocycles. The van der Waals surface area contributed by atoms with Gasteiger partial charge in [-0.05, 0) is 39.0 Å². The molecule has 4 nitrogen and oxygen atoms in total. The quantitative estimate of drug-likeness (QED) is 0.752. The topological polar surface area (TPSA) is 55.6 Å². The molecule has 3 atom stereocenters. The van der Waals surface area contributed by atoms with Crippen LogP contribution in [-0.2, 0) is 9.53 Å². The monoisotopic (exact) mass is 240 g/mol. The number of hydrogen-bond acceptors (Lipinski definition) is 4. The standard InChI is InChI=1S/C13H24N2O2/c1-3-12(13(16)17-4-2)15-10-5-6-11(15)8-9(14)7-10/h9-12H,3-8,14H2,1-2H3. The highest BCUT2D eigenvalue weighted by atomic mass is 16.5. The number of hydrogen-bond donors (Lipinski definition) is 1. The maximum atomic E-state index is 12.0. The molecular weight excluding hydrogens is 216 g/mol. The maximum Gasteiger partial charge on any atom is 0.323 e. The van der Waals surface area contributed by atoms with Crippen molar-refractivity contribution in [1.29, 1.82) is 0 Å². The third kappa shape index (κ3) is 2.47. The largest absolute Gasteiger partial charge is 0.465 e. The molecule has 0 radical (unpaired) electrons. The molecule has 2 rings (SSSR count). The lowest BCUT2D eigenvalue weighted by molar-refractivity contribution is -0.152. The van der Waals surface area contributed by atoms with Crippen molar-refractivity contribution in [2.24, 2.45) is 5.73 Å². The van der Waals surface area contributed by atoms with Gasteiger partial charge in [-0.25, -0.2) is 0 Å². The second kappa shape index (κ2) is 5.36. The van der Waals surface area contributed by atoms with Crippen LogP contribution in [0.25, 0.3) is 0 Å². The SMILES string of the molecule is CCOC(=O)C(CC)N1C2CCC1CC(N)C2. The molecule has 0 saturated carbocycles. The number of nitrogens with zero attached hydrogens (tertiary/aromatic N) is 1. The van der Waals surface area contributed by atoms with Crippen LogP contribution < -0.4 is 5.73 Å². The van der Waals surface area contributed by atoms with Gasteiger partial charge in [0.15, 0.2) is 0 Å². The van der Waals surface area contributed by atoms with E-state index in [2.05, 4.69) is 11.8 Å². The Bertz CT molecular complexity index is 269. The van der Waals surface area contributed by atoms with E-state index in [1.165, 1.54) is 12.8 Å². The van der Waals surface area contributed by atoms with Crippen LogP contribution in [0.3, 0.4) is 0 Å². The van der Waals surface area contributed by atoms with E-state index in [0.29, 0.717) is 24.7 Å². The van der Waals surface area contributed by atoms with E-state index in [1.807, 2.05) is 6.92 Å². The molecule has 4 heteroatoms. The Kier molecular flexibility index (Phi) is 4.05. The first-order valence-corrected chi connectivity index (χ1v) is 6.87. The van der Waals surface area contributed by atoms with Gasteiger partial charge in [-0.15, -0.1) is 0 Å². The average Bonchev–Trinajstić information content (AvgIpc) is 2.55. The van der Waals surface area contributed by atoms with E-state index in [-0.39, 0.29) is 12.0 Å². The number of fused-ring (bicyclic) bond motifs is 2. The summed E-state index contributed by atoms with van der Waals surface area (Å²) in [6, 6.07) is 1.26. The molecule has 98 valence electrons. The van der Waals surface area contributed by atoms with Crippen molar-refractivity contribution in [3.8, 4) is 0 Å². The first-order chi connectivity index (χ1) is 8.17. The van der Waals surface area contributed by atoms with Gasteiger partial charge in [0, 0.05) is 18.1 Å². The van der Waals surface area contributed by atoms with Gasteiger partial charge in [0.1, 0.15) is 6.04 Å². The van der Waals surface area contributed by atoms with Gasteiger partial charge in [0.25, 0.3) is 0 Å². The molecule has 0 amide bonds. The molecule has 3 unspecified atom stereocenters. The van der Waals surface area contributed by atoms with E-state index in [9.17, 15) is 4.79 Å². The molecule has 2 N–H and O–H groups in total. The lowest BCUT2D eigenvalue weighted by Crippen LogP contribution is -2.54. The van der Waals surface area contributed by atoms with Crippen LogP contribution in [0, 0.1) is 0 Å². The Balaban J connectivity index is 2.07. The summed E-state index contributed by atoms with van der Waals surface area (Å²) in [7, 11) is 0. The number of esters is 1. The zero-order valence-corrected chi connectivity index (χ0v) is 10.9. The highest BCUT2D eigenvalue weighted by molar-refractivity contribution is 5.75. The molecule has 2 saturated heterocycles. The van der Waals surface area contributed by atoms with Crippen LogP contribution in [0.2, 0.25) is 0 Å². The van der Waals surface area contributed by atoms with E-state index in [1.54, 1.807) is 0 Å². The lowest BCUT2D eigenvalue weighted by atomic mass is 9.95. The highest BCUT2D eigenvalue weighted by Gasteiger charge is 2.44. The summed E-state index contributed by atoms with van der Waals surface area (Å²) in [6.07, 6.45) is 5.28. The fourth-order valence-electron chi connectivity index (χ4n) is 3.50. The fourth-order valence-corrected chi connectivity index (χ4v) is 3.50. The van der Waals surface area contributed by atoms with E-state index in [4.69, 9.17) is 10.5 Å². The van der Waals surface area contributed by atoms with Gasteiger partial charge in [-0.1, -0.05) is 6.92 Å². The predicted molar refractivity (Wildman–Crippen MR) is 66.6 cm³/mol. The molecule has 2 heterocycles. The number of rotatable bonds is 4. The van der Waals surface area contributed by atoms with Crippen molar-refractivity contribution in [3.05, 3.63) is 0 Å². The first kappa shape index (κ1) is 12.8. The molecule has 0 spiro atoms. The molecule has 2 bridgehead atoms. The zero-order valence-electron chi connectivity index (χ0n) is 10.9. The van der Waals surface area contributed by atoms with Crippen LogP contribution in [0.15, 0.2) is 0 Å². The molecule has 2 aliphatic heterocycles. The van der Waals surface area contributed by atoms with E-state index < -0.39 is 0 Å². The van der Waals surface area contributed by atoms with Crippen molar-refractivity contribution >= 4 is 5.97 Å². The molecule has 0 aromatic rings. The predicted octanol–water partition coefficient (Wildman–Crippen LogP) is 1.28. The Morgan fingerprint density at radius 2 is 1.94 bits per heavy atom. The van der Waals surface area contributed by atoms with Crippen molar-refractivity contribution in [2.75, 3.05) is 6.61 Å². The molecule has 0 aromatic carbocycles. The van der Waals surface area contributed by atoms with Crippen molar-refractivity contribution in [2.45, 2.75) is 70.1 Å². The van der Waals surface area contributed by atoms with E-state index in [0.717, 1.165) is 19.3 Å². The Morgan fingerprint density at radius 1 is 1.35 bits per heavy atom. The molecule has 2 aliphatic rings. The minimum Gasteiger partial charge on any atom is -0.465 e. The Labute approximate surface area is 103 Å². The van der Waals surface area contributed by atoms with Crippen molar-refractivity contribution in [3.63, 3.8) is 0 Å². The first-order valence-electron chi connectivity index (χ1n) is 6.87. The minimum absolute atomic E-state index is 0.0534. The fraction of sp³-hybridized carbons (Fsp3) is 0.923. The van der Waals surface area contributed by atoms with Crippen LogP contribution in [-0.4, -0.2) is 41.6 Å². The minimum atomic E-state index is -0.0556. The summed E-state index contributed by atoms with van der Waals surface area (Å²) in [5.74, 6) is -0.0534. The van der Waals surface area contributed by atoms with Crippen LogP contribution in [0.5, 0.6) is 0 Å². The Morgan fingerprint density at radius 3 is 2.41 bits per heavy atom. The summed E-state index contributed by atoms with van der Waals surface area (Å²) in [5.41, 5.74) is 6.05. The van der Waals surface area contributed by atoms with Gasteiger partial charge >= 0.3 is 5.97 Å². The van der Waals surface area contributed by atoms with Gasteiger partial charge < -0.3 is 10.5 Å². The highest BCUT2D eigenvalue weighted by Crippen LogP contribution is 2.37. The number of ether oxygens (including phenoxy) is 1. The second-order valence-electron chi connectivity index (χ2n) is 5.24. The summed E-state index contributed by atoms with van der Waals surface area (Å²) >= 11 is 0. The van der Waals surface area contributed by atoms with Crippen LogP contribution >= 0.6 is 0 Å². The third-order valence-corrected chi connectivity index (χ3v) is 4.13. The second-order valence-corrected chi connectivity index (χ2v) is 5.24. The van der Waals surface area contributed by atoms with E-state index >= 15 is 0 Å². The number of carbonyl (C=O) groups is 1. The normalized spacial score (nSPS) is 34.6. The van der Waals surface area contributed by atoms with Crippen molar-refractivity contribution < 1.29 is 9.53 Å². The summed E-state index contributed by atoms with van der Waals surface area (Å²) < 4.78 is 5.19. The van der Waals surface area contributed by atoms with Gasteiger partial charge in [-0.2, -0.15) is 0 Å². The molecular formula is C13H24N2O2. The summed E-state index contributed by atoms with van der Waals surface area (Å²) in [4.78, 5) is 14.4. The molecule has 2 fully saturated rings. The van der Waals surface area contributed by atoms with Gasteiger partial charge in [0.05, 0.1) is 6.61 Å². The lowest BCUT2D eigenvalue weighted by Gasteiger charge is -2.41. The van der Waals surface area contributed by atoms with Crippen LogP contribution in [0.4, 0.5) is 0 Å². The molecule has 0 aromatic heterocycles.